The average Bonchev–Trinajstić information content (AvgIpc) is 2.60. The van der Waals surface area contributed by atoms with E-state index in [0.717, 1.165) is 43.9 Å². The highest BCUT2D eigenvalue weighted by atomic mass is 35.5. The molecule has 2 aromatic carbocycles. The summed E-state index contributed by atoms with van der Waals surface area (Å²) in [7, 11) is 0. The van der Waals surface area contributed by atoms with E-state index >= 15 is 0 Å². The minimum Gasteiger partial charge on any atom is -0.494 e. The van der Waals surface area contributed by atoms with Crippen LogP contribution in [0, 0.1) is 0 Å². The van der Waals surface area contributed by atoms with Crippen molar-refractivity contribution in [1.29, 1.82) is 0 Å². The SMILES string of the molecule is CCOc1ccc(NC(=S)Nc2ccc(OCC)cc2)cc1.[AlH2][CH2]Cl. The van der Waals surface area contributed by atoms with Gasteiger partial charge in [-0.05, 0) is 79.3 Å². The Morgan fingerprint density at radius 2 is 1.20 bits per heavy atom. The fourth-order valence-electron chi connectivity index (χ4n) is 1.90. The van der Waals surface area contributed by atoms with E-state index in [1.54, 1.807) is 0 Å². The Kier molecular flexibility index (Phi) is 11.1. The van der Waals surface area contributed by atoms with Gasteiger partial charge in [-0.15, -0.1) is 11.6 Å². The summed E-state index contributed by atoms with van der Waals surface area (Å²) in [5.41, 5.74) is 1.82. The maximum absolute atomic E-state index is 5.40. The van der Waals surface area contributed by atoms with Gasteiger partial charge in [0.1, 0.15) is 11.5 Å². The Morgan fingerprint density at radius 3 is 1.48 bits per heavy atom. The average molecular weight is 395 g/mol. The minimum absolute atomic E-state index is 0.535. The van der Waals surface area contributed by atoms with Crippen LogP contribution in [0.1, 0.15) is 13.8 Å². The molecule has 0 aliphatic rings. The van der Waals surface area contributed by atoms with Gasteiger partial charge in [-0.2, -0.15) is 0 Å². The number of thiocarbonyl (C=S) groups is 1. The normalized spacial score (nSPS) is 9.40. The molecule has 0 saturated heterocycles. The van der Waals surface area contributed by atoms with E-state index in [1.165, 1.54) is 0 Å². The lowest BCUT2D eigenvalue weighted by molar-refractivity contribution is 0.340. The molecular formula is C18H24AlClN2O2S. The molecule has 0 bridgehead atoms. The fraction of sp³-hybridized carbons (Fsp3) is 0.278. The lowest BCUT2D eigenvalue weighted by atomic mass is 10.3. The second kappa shape index (κ2) is 12.8. The van der Waals surface area contributed by atoms with Crippen molar-refractivity contribution in [3.8, 4) is 11.5 Å². The Balaban J connectivity index is 0.000000970. The van der Waals surface area contributed by atoms with Crippen LogP contribution in [0.5, 0.6) is 11.5 Å². The first kappa shape index (κ1) is 21.6. The molecule has 0 fully saturated rings. The quantitative estimate of drug-likeness (QED) is 0.438. The van der Waals surface area contributed by atoms with Gasteiger partial charge < -0.3 is 20.1 Å². The number of halogens is 1. The maximum atomic E-state index is 5.40. The molecule has 2 rings (SSSR count). The van der Waals surface area contributed by atoms with E-state index in [0.29, 0.717) is 18.3 Å². The van der Waals surface area contributed by atoms with Crippen LogP contribution >= 0.6 is 23.8 Å². The molecule has 2 N–H and O–H groups in total. The molecule has 0 saturated carbocycles. The monoisotopic (exact) mass is 394 g/mol. The van der Waals surface area contributed by atoms with Gasteiger partial charge in [-0.1, -0.05) is 0 Å². The molecule has 0 aliphatic carbocycles. The zero-order chi connectivity index (χ0) is 18.5. The number of benzene rings is 2. The maximum Gasteiger partial charge on any atom is 0.235 e. The molecule has 134 valence electrons. The predicted octanol–water partition coefficient (Wildman–Crippen LogP) is 4.11. The van der Waals surface area contributed by atoms with E-state index in [1.807, 2.05) is 62.4 Å². The molecule has 0 aliphatic heterocycles. The van der Waals surface area contributed by atoms with Crippen LogP contribution in [-0.2, 0) is 0 Å². The molecule has 25 heavy (non-hydrogen) atoms. The molecule has 0 heterocycles. The van der Waals surface area contributed by atoms with Gasteiger partial charge >= 0.3 is 0 Å². The van der Waals surface area contributed by atoms with Crippen LogP contribution in [-0.4, -0.2) is 39.4 Å². The Labute approximate surface area is 168 Å². The van der Waals surface area contributed by atoms with Crippen molar-refractivity contribution in [2.45, 2.75) is 13.8 Å². The van der Waals surface area contributed by atoms with Crippen molar-refractivity contribution >= 4 is 56.6 Å². The van der Waals surface area contributed by atoms with E-state index in [4.69, 9.17) is 33.3 Å². The summed E-state index contributed by atoms with van der Waals surface area (Å²) in [6.45, 7) is 5.24. The summed E-state index contributed by atoms with van der Waals surface area (Å²) >= 11 is 11.5. The van der Waals surface area contributed by atoms with Gasteiger partial charge in [0.2, 0.25) is 16.3 Å². The highest BCUT2D eigenvalue weighted by Crippen LogP contribution is 2.18. The first-order valence-corrected chi connectivity index (χ1v) is 10.6. The lowest BCUT2D eigenvalue weighted by Gasteiger charge is -2.12. The molecule has 2 aromatic rings. The van der Waals surface area contributed by atoms with Gasteiger partial charge in [0.05, 0.1) is 13.2 Å². The molecule has 0 aromatic heterocycles. The smallest absolute Gasteiger partial charge is 0.235 e. The molecule has 7 heteroatoms. The van der Waals surface area contributed by atoms with Crippen LogP contribution in [0.3, 0.4) is 0 Å². The van der Waals surface area contributed by atoms with Crippen LogP contribution in [0.25, 0.3) is 0 Å². The summed E-state index contributed by atoms with van der Waals surface area (Å²) in [5.74, 6) is 1.69. The highest BCUT2D eigenvalue weighted by molar-refractivity contribution is 7.80. The number of rotatable bonds is 6. The van der Waals surface area contributed by atoms with E-state index < -0.39 is 0 Å². The van der Waals surface area contributed by atoms with Gasteiger partial charge in [-0.25, -0.2) is 0 Å². The molecular weight excluding hydrogens is 371 g/mol. The Morgan fingerprint density at radius 1 is 0.880 bits per heavy atom. The van der Waals surface area contributed by atoms with Crippen molar-refractivity contribution in [3.05, 3.63) is 48.5 Å². The number of hydrogen-bond donors (Lipinski definition) is 2. The summed E-state index contributed by atoms with van der Waals surface area (Å²) < 4.78 is 11.7. The van der Waals surface area contributed by atoms with Crippen molar-refractivity contribution in [2.75, 3.05) is 28.6 Å². The number of anilines is 2. The molecule has 0 atom stereocenters. The Bertz CT molecular complexity index is 570. The van der Waals surface area contributed by atoms with Gasteiger partial charge in [0, 0.05) is 11.4 Å². The van der Waals surface area contributed by atoms with E-state index in [-0.39, 0.29) is 0 Å². The van der Waals surface area contributed by atoms with Crippen molar-refractivity contribution in [3.63, 3.8) is 0 Å². The molecule has 0 unspecified atom stereocenters. The van der Waals surface area contributed by atoms with Crippen LogP contribution in [0.2, 0.25) is 0 Å². The third-order valence-electron chi connectivity index (χ3n) is 2.85. The summed E-state index contributed by atoms with van der Waals surface area (Å²) in [5, 5.41) is 6.80. The Hall–Kier alpha value is -1.45. The zero-order valence-electron chi connectivity index (χ0n) is 14.8. The number of hydrogen-bond acceptors (Lipinski definition) is 3. The van der Waals surface area contributed by atoms with Gasteiger partial charge in [-0.3, -0.25) is 0 Å². The second-order valence-corrected chi connectivity index (χ2v) is 7.31. The molecule has 0 radical (unpaired) electrons. The first-order valence-electron chi connectivity index (χ1n) is 8.22. The lowest BCUT2D eigenvalue weighted by Crippen LogP contribution is -2.18. The standard InChI is InChI=1S/C17H20N2O2S.CH2Cl.Al.2H/c1-3-20-15-9-5-13(6-10-15)18-17(22)19-14-7-11-16(12-8-14)21-4-2;1-2;;;/h5-12H,3-4H2,1-2H3,(H2,18,19,22);1H2;;;. The summed E-state index contributed by atoms with van der Waals surface area (Å²) in [6, 6.07) is 15.3. The molecule has 4 nitrogen and oxygen atoms in total. The van der Waals surface area contributed by atoms with E-state index in [2.05, 4.69) is 10.6 Å². The van der Waals surface area contributed by atoms with Gasteiger partial charge in [0.15, 0.2) is 5.11 Å². The third kappa shape index (κ3) is 8.99. The van der Waals surface area contributed by atoms with Crippen LogP contribution in [0.15, 0.2) is 48.5 Å². The van der Waals surface area contributed by atoms with Crippen molar-refractivity contribution in [2.24, 2.45) is 0 Å². The summed E-state index contributed by atoms with van der Waals surface area (Å²) in [4.78, 5) is 0. The molecule has 0 amide bonds. The molecule has 0 spiro atoms. The van der Waals surface area contributed by atoms with Crippen LogP contribution in [0.4, 0.5) is 11.4 Å². The second-order valence-electron chi connectivity index (χ2n) is 4.76. The number of alkyl halides is 1. The van der Waals surface area contributed by atoms with Crippen molar-refractivity contribution in [1.82, 2.24) is 0 Å². The van der Waals surface area contributed by atoms with Crippen LogP contribution < -0.4 is 20.1 Å². The predicted molar refractivity (Wildman–Crippen MR) is 114 cm³/mol. The van der Waals surface area contributed by atoms with E-state index in [9.17, 15) is 0 Å². The first-order chi connectivity index (χ1) is 12.1. The third-order valence-corrected chi connectivity index (χ3v) is 3.05. The number of ether oxygens (including phenoxy) is 2. The zero-order valence-corrected chi connectivity index (χ0v) is 18.4. The number of nitrogens with one attached hydrogen (secondary N) is 2. The minimum atomic E-state index is 0.535. The highest BCUT2D eigenvalue weighted by Gasteiger charge is 2.00. The summed E-state index contributed by atoms with van der Waals surface area (Å²) in [6.07, 6.45) is 0. The van der Waals surface area contributed by atoms with Crippen molar-refractivity contribution < 1.29 is 9.47 Å². The fourth-order valence-corrected chi connectivity index (χ4v) is 2.13. The largest absolute Gasteiger partial charge is 0.494 e. The van der Waals surface area contributed by atoms with Gasteiger partial charge in [0.25, 0.3) is 0 Å². The topological polar surface area (TPSA) is 42.5 Å².